The molecule has 1 saturated heterocycles. The van der Waals surface area contributed by atoms with E-state index in [1.54, 1.807) is 42.5 Å². The van der Waals surface area contributed by atoms with E-state index in [1.807, 2.05) is 17.6 Å². The number of halogens is 4. The van der Waals surface area contributed by atoms with E-state index < -0.39 is 23.6 Å². The molecule has 1 aromatic heterocycles. The first-order valence-corrected chi connectivity index (χ1v) is 14.5. The second-order valence-electron chi connectivity index (χ2n) is 11.3. The Morgan fingerprint density at radius 3 is 2.34 bits per heavy atom. The van der Waals surface area contributed by atoms with Crippen LogP contribution in [0.3, 0.4) is 0 Å². The maximum atomic E-state index is 13.4. The Morgan fingerprint density at radius 1 is 0.841 bits per heavy atom. The number of amides is 2. The van der Waals surface area contributed by atoms with E-state index in [0.717, 1.165) is 29.8 Å². The average Bonchev–Trinajstić information content (AvgIpc) is 2.99. The van der Waals surface area contributed by atoms with Gasteiger partial charge in [0.1, 0.15) is 0 Å². The molecule has 4 aromatic rings. The number of carbonyl (C=O) groups is 2. The average molecular weight is 621 g/mol. The van der Waals surface area contributed by atoms with E-state index in [0.29, 0.717) is 36.0 Å². The van der Waals surface area contributed by atoms with Gasteiger partial charge in [-0.1, -0.05) is 29.8 Å². The predicted octanol–water partition coefficient (Wildman–Crippen LogP) is 6.96. The van der Waals surface area contributed by atoms with Crippen LogP contribution in [0.2, 0.25) is 5.02 Å². The molecule has 2 atom stereocenters. The van der Waals surface area contributed by atoms with Crippen molar-refractivity contribution in [3.63, 3.8) is 0 Å². The first-order valence-electron chi connectivity index (χ1n) is 14.1. The molecule has 0 saturated carbocycles. The highest BCUT2D eigenvalue weighted by molar-refractivity contribution is 6.31. The zero-order valence-corrected chi connectivity index (χ0v) is 24.4. The summed E-state index contributed by atoms with van der Waals surface area (Å²) in [7, 11) is 0. The molecule has 2 N–H and O–H groups in total. The first-order chi connectivity index (χ1) is 21.0. The summed E-state index contributed by atoms with van der Waals surface area (Å²) in [5, 5.41) is 6.07. The number of nitrogens with zero attached hydrogens (tertiary/aromatic N) is 2. The molecular formula is C33H28ClF3N4O3. The number of nitrogens with one attached hydrogen (secondary N) is 2. The molecule has 44 heavy (non-hydrogen) atoms. The molecule has 3 heterocycles. The van der Waals surface area contributed by atoms with Crippen LogP contribution in [0.1, 0.15) is 49.9 Å². The number of rotatable bonds is 5. The fourth-order valence-electron chi connectivity index (χ4n) is 6.10. The number of aromatic nitrogens is 1. The molecule has 2 bridgehead atoms. The zero-order valence-electron chi connectivity index (χ0n) is 23.6. The molecule has 0 aliphatic carbocycles. The van der Waals surface area contributed by atoms with Crippen LogP contribution in [0, 0.1) is 12.8 Å². The van der Waals surface area contributed by atoms with Crippen molar-refractivity contribution in [3.8, 4) is 0 Å². The number of alkyl halides is 3. The number of benzene rings is 3. The summed E-state index contributed by atoms with van der Waals surface area (Å²) >= 11 is 6.12. The smallest absolute Gasteiger partial charge is 0.369 e. The van der Waals surface area contributed by atoms with E-state index in [9.17, 15) is 27.6 Å². The predicted molar refractivity (Wildman–Crippen MR) is 164 cm³/mol. The van der Waals surface area contributed by atoms with Crippen molar-refractivity contribution in [2.45, 2.75) is 32.0 Å². The molecule has 2 aliphatic heterocycles. The van der Waals surface area contributed by atoms with Crippen molar-refractivity contribution in [2.24, 2.45) is 5.92 Å². The summed E-state index contributed by atoms with van der Waals surface area (Å²) in [6.45, 7) is 3.54. The Balaban J connectivity index is 1.35. The molecule has 0 radical (unpaired) electrons. The van der Waals surface area contributed by atoms with Gasteiger partial charge in [-0.3, -0.25) is 14.4 Å². The van der Waals surface area contributed by atoms with Crippen LogP contribution in [0.25, 0.3) is 0 Å². The minimum absolute atomic E-state index is 0.0370. The van der Waals surface area contributed by atoms with Crippen molar-refractivity contribution in [1.82, 2.24) is 4.57 Å². The summed E-state index contributed by atoms with van der Waals surface area (Å²) in [4.78, 5) is 41.3. The third-order valence-corrected chi connectivity index (χ3v) is 8.46. The van der Waals surface area contributed by atoms with Crippen LogP contribution >= 0.6 is 11.6 Å². The summed E-state index contributed by atoms with van der Waals surface area (Å²) < 4.78 is 41.9. The first kappa shape index (κ1) is 29.5. The van der Waals surface area contributed by atoms with Crippen LogP contribution in [-0.4, -0.2) is 29.5 Å². The topological polar surface area (TPSA) is 83.4 Å². The SMILES string of the molecule is Cc1ccc(Cl)cc1NC(=O)c1ccc(N2CC3CC(C2)c2cccc(=O)n2C3)c(NC(=O)c2cccc(C(F)(F)F)c2)c1. The monoisotopic (exact) mass is 620 g/mol. The summed E-state index contributed by atoms with van der Waals surface area (Å²) in [5.41, 5.74) is 2.28. The molecule has 3 aromatic carbocycles. The van der Waals surface area contributed by atoms with Crippen LogP contribution < -0.4 is 21.1 Å². The molecule has 6 rings (SSSR count). The molecular weight excluding hydrogens is 593 g/mol. The summed E-state index contributed by atoms with van der Waals surface area (Å²) in [5.74, 6) is -0.950. The lowest BCUT2D eigenvalue weighted by Gasteiger charge is -2.44. The Labute approximate surface area is 256 Å². The van der Waals surface area contributed by atoms with Crippen molar-refractivity contribution in [3.05, 3.63) is 122 Å². The van der Waals surface area contributed by atoms with Gasteiger partial charge in [0, 0.05) is 59.1 Å². The number of hydrogen-bond acceptors (Lipinski definition) is 4. The van der Waals surface area contributed by atoms with Gasteiger partial charge in [0.25, 0.3) is 17.4 Å². The Hall–Kier alpha value is -4.57. The standard InChI is InChI=1S/C33H28ClF3N4O3/c1-19-8-10-25(34)15-26(19)38-32(44)22-9-11-29(27(14-22)39-31(43)21-4-2-5-24(13-21)33(35,36)37)40-16-20-12-23(18-40)28-6-3-7-30(42)41(28)17-20/h2-11,13-15,20,23H,12,16-18H2,1H3,(H,38,44)(H,39,43). The van der Waals surface area contributed by atoms with Crippen molar-refractivity contribution < 1.29 is 22.8 Å². The molecule has 7 nitrogen and oxygen atoms in total. The van der Waals surface area contributed by atoms with E-state index in [2.05, 4.69) is 15.5 Å². The third kappa shape index (κ3) is 5.94. The number of anilines is 3. The van der Waals surface area contributed by atoms with Crippen molar-refractivity contribution >= 4 is 40.5 Å². The molecule has 2 amide bonds. The molecule has 2 unspecified atom stereocenters. The van der Waals surface area contributed by atoms with E-state index >= 15 is 0 Å². The number of fused-ring (bicyclic) bond motifs is 4. The Kier molecular flexibility index (Phi) is 7.71. The number of pyridine rings is 1. The lowest BCUT2D eigenvalue weighted by atomic mass is 9.83. The van der Waals surface area contributed by atoms with E-state index in [1.165, 1.54) is 18.2 Å². The number of carbonyl (C=O) groups excluding carboxylic acids is 2. The second-order valence-corrected chi connectivity index (χ2v) is 11.7. The fraction of sp³-hybridized carbons (Fsp3) is 0.242. The highest BCUT2D eigenvalue weighted by atomic mass is 35.5. The van der Waals surface area contributed by atoms with Gasteiger partial charge in [-0.25, -0.2) is 0 Å². The van der Waals surface area contributed by atoms with Gasteiger partial charge in [0.2, 0.25) is 0 Å². The summed E-state index contributed by atoms with van der Waals surface area (Å²) in [6, 6.07) is 19.5. The van der Waals surface area contributed by atoms with Crippen LogP contribution in [0.15, 0.2) is 83.7 Å². The molecule has 1 fully saturated rings. The lowest BCUT2D eigenvalue weighted by Crippen LogP contribution is -2.47. The minimum Gasteiger partial charge on any atom is -0.369 e. The van der Waals surface area contributed by atoms with Gasteiger partial charge in [-0.15, -0.1) is 0 Å². The largest absolute Gasteiger partial charge is 0.416 e. The Bertz CT molecular complexity index is 1840. The lowest BCUT2D eigenvalue weighted by molar-refractivity contribution is -0.137. The normalized spacial score (nSPS) is 17.5. The molecule has 11 heteroatoms. The quantitative estimate of drug-likeness (QED) is 0.253. The van der Waals surface area contributed by atoms with Crippen LogP contribution in [0.4, 0.5) is 30.2 Å². The summed E-state index contributed by atoms with van der Waals surface area (Å²) in [6.07, 6.45) is -3.70. The molecule has 0 spiro atoms. The Morgan fingerprint density at radius 2 is 1.57 bits per heavy atom. The van der Waals surface area contributed by atoms with Crippen LogP contribution in [0.5, 0.6) is 0 Å². The third-order valence-electron chi connectivity index (χ3n) is 8.23. The van der Waals surface area contributed by atoms with Crippen molar-refractivity contribution in [1.29, 1.82) is 0 Å². The minimum atomic E-state index is -4.61. The molecule has 226 valence electrons. The van der Waals surface area contributed by atoms with Gasteiger partial charge in [-0.05, 0) is 79.4 Å². The highest BCUT2D eigenvalue weighted by Crippen LogP contribution is 2.40. The van der Waals surface area contributed by atoms with Crippen LogP contribution in [-0.2, 0) is 12.7 Å². The highest BCUT2D eigenvalue weighted by Gasteiger charge is 2.36. The number of hydrogen-bond donors (Lipinski definition) is 2. The van der Waals surface area contributed by atoms with Gasteiger partial charge >= 0.3 is 6.18 Å². The number of aryl methyl sites for hydroxylation is 1. The van der Waals surface area contributed by atoms with Gasteiger partial charge < -0.3 is 20.1 Å². The maximum absolute atomic E-state index is 13.4. The van der Waals surface area contributed by atoms with E-state index in [4.69, 9.17) is 11.6 Å². The van der Waals surface area contributed by atoms with Gasteiger partial charge in [-0.2, -0.15) is 13.2 Å². The van der Waals surface area contributed by atoms with Gasteiger partial charge in [0.05, 0.1) is 16.9 Å². The van der Waals surface area contributed by atoms with Crippen molar-refractivity contribution in [2.75, 3.05) is 28.6 Å². The zero-order chi connectivity index (χ0) is 31.2. The fourth-order valence-corrected chi connectivity index (χ4v) is 6.27. The number of piperidine rings is 1. The van der Waals surface area contributed by atoms with Gasteiger partial charge in [0.15, 0.2) is 0 Å². The van der Waals surface area contributed by atoms with E-state index in [-0.39, 0.29) is 34.2 Å². The second kappa shape index (κ2) is 11.5. The molecule has 2 aliphatic rings. The maximum Gasteiger partial charge on any atom is 0.416 e.